The van der Waals surface area contributed by atoms with Crippen molar-refractivity contribution in [3.8, 4) is 45.0 Å². The zero-order chi connectivity index (χ0) is 63.0. The molecule has 2 aliphatic rings. The van der Waals surface area contributed by atoms with Crippen LogP contribution in [0.5, 0.6) is 0 Å². The molecule has 0 amide bonds. The predicted octanol–water partition coefficient (Wildman–Crippen LogP) is 21.4. The van der Waals surface area contributed by atoms with Crippen LogP contribution in [0.2, 0.25) is 0 Å². The van der Waals surface area contributed by atoms with Crippen LogP contribution in [0.4, 0.5) is 0 Å². The van der Waals surface area contributed by atoms with Gasteiger partial charge in [0.25, 0.3) is 0 Å². The molecule has 4 heteroatoms. The summed E-state index contributed by atoms with van der Waals surface area (Å²) >= 11 is 0. The number of aryl methyl sites for hydroxylation is 8. The lowest BCUT2D eigenvalue weighted by Crippen LogP contribution is -1.96. The summed E-state index contributed by atoms with van der Waals surface area (Å²) in [7, 11) is 0. The third-order valence-electron chi connectivity index (χ3n) is 18.7. The predicted molar refractivity (Wildman–Crippen MR) is 365 cm³/mol. The molecular weight excluding hydrogens is 1040 g/mol. The molecule has 0 atom stereocenters. The van der Waals surface area contributed by atoms with Gasteiger partial charge in [-0.05, 0) is 258 Å². The van der Waals surface area contributed by atoms with Gasteiger partial charge in [0.2, 0.25) is 0 Å². The highest BCUT2D eigenvalue weighted by atomic mass is 15.0. The van der Waals surface area contributed by atoms with Crippen molar-refractivity contribution in [1.82, 2.24) is 18.3 Å². The van der Waals surface area contributed by atoms with E-state index in [-0.39, 0.29) is 0 Å². The fraction of sp³-hybridized carbons (Fsp3) is 0.122. The Labute approximate surface area is 509 Å². The third kappa shape index (κ3) is 7.68. The maximum Gasteiger partial charge on any atom is 0.0541 e. The van der Waals surface area contributed by atoms with Gasteiger partial charge in [0, 0.05) is 74.1 Å². The molecule has 0 saturated carbocycles. The summed E-state index contributed by atoms with van der Waals surface area (Å²) < 4.78 is 57.5. The zero-order valence-corrected chi connectivity index (χ0v) is 49.0. The third-order valence-corrected chi connectivity index (χ3v) is 18.7. The summed E-state index contributed by atoms with van der Waals surface area (Å²) in [5.41, 5.74) is 32.0. The molecule has 0 fully saturated rings. The number of benzene rings is 12. The minimum absolute atomic E-state index is 0.339. The van der Waals surface area contributed by atoms with E-state index in [1.54, 1.807) is 12.1 Å². The number of fused-ring (bicyclic) bond motifs is 18. The Bertz CT molecular complexity index is 5400. The van der Waals surface area contributed by atoms with E-state index in [1.807, 2.05) is 24.3 Å². The van der Waals surface area contributed by atoms with Gasteiger partial charge in [-0.3, -0.25) is 0 Å². The molecule has 0 saturated heterocycles. The molecule has 0 spiro atoms. The molecule has 0 radical (unpaired) electrons. The van der Waals surface area contributed by atoms with E-state index in [9.17, 15) is 0 Å². The summed E-state index contributed by atoms with van der Waals surface area (Å²) in [4.78, 5) is 0. The Morgan fingerprint density at radius 1 is 0.221 bits per heavy atom. The Morgan fingerprint density at radius 2 is 0.407 bits per heavy atom. The minimum atomic E-state index is -2.19. The summed E-state index contributed by atoms with van der Waals surface area (Å²) in [5.74, 6) is 0. The van der Waals surface area contributed by atoms with E-state index in [0.717, 1.165) is 79.0 Å². The first kappa shape index (κ1) is 44.4. The molecule has 18 rings (SSSR count). The van der Waals surface area contributed by atoms with E-state index >= 15 is 0 Å². The van der Waals surface area contributed by atoms with Crippen LogP contribution in [0, 0.1) is 55.2 Å². The monoisotopic (exact) mass is 1110 g/mol. The average molecular weight is 1110 g/mol. The van der Waals surface area contributed by atoms with Gasteiger partial charge in [-0.25, -0.2) is 0 Å². The van der Waals surface area contributed by atoms with Crippen molar-refractivity contribution in [2.75, 3.05) is 0 Å². The van der Waals surface area contributed by atoms with Gasteiger partial charge in [0.1, 0.15) is 0 Å². The fourth-order valence-corrected chi connectivity index (χ4v) is 14.7. The van der Waals surface area contributed by atoms with E-state index in [2.05, 4.69) is 242 Å². The Kier molecular flexibility index (Phi) is 9.63. The van der Waals surface area contributed by atoms with Gasteiger partial charge >= 0.3 is 0 Å². The van der Waals surface area contributed by atoms with Crippen LogP contribution in [0.25, 0.3) is 132 Å². The first-order chi connectivity index (χ1) is 44.3. The Hall–Kier alpha value is -10.2. The second-order valence-electron chi connectivity index (χ2n) is 24.6. The van der Waals surface area contributed by atoms with Crippen molar-refractivity contribution in [3.63, 3.8) is 0 Å². The van der Waals surface area contributed by atoms with Crippen molar-refractivity contribution < 1.29 is 8.22 Å². The van der Waals surface area contributed by atoms with Crippen LogP contribution >= 0.6 is 0 Å². The lowest BCUT2D eigenvalue weighted by molar-refractivity contribution is 1.17. The Morgan fingerprint density at radius 3 is 0.605 bits per heavy atom. The van der Waals surface area contributed by atoms with Gasteiger partial charge in [-0.15, -0.1) is 0 Å². The largest absolute Gasteiger partial charge is 0.309 e. The molecule has 412 valence electrons. The highest BCUT2D eigenvalue weighted by Crippen LogP contribution is 2.45. The summed E-state index contributed by atoms with van der Waals surface area (Å²) in [5, 5.41) is 9.20. The second kappa shape index (κ2) is 18.7. The van der Waals surface area contributed by atoms with Crippen LogP contribution in [-0.4, -0.2) is 18.3 Å². The molecule has 2 aliphatic carbocycles. The standard InChI is InChI=1S/2C41H32N2/c2*1-24-5-13-38-34(17-24)35-18-25(2)6-14-39(35)42(38)30-11-9-28-21-29-10-12-31(23-33(29)32(28)22-30)43-40-15-7-26(3)19-36(40)37-20-27(4)8-16-41(37)43/h2*5-20,22-23H,21H2,1-4H3/i1D3,3D3;. The van der Waals surface area contributed by atoms with Crippen molar-refractivity contribution >= 4 is 87.2 Å². The van der Waals surface area contributed by atoms with Gasteiger partial charge in [-0.2, -0.15) is 0 Å². The molecule has 4 aromatic heterocycles. The number of hydrogen-bond donors (Lipinski definition) is 0. The van der Waals surface area contributed by atoms with Crippen molar-refractivity contribution in [3.05, 3.63) is 285 Å². The number of rotatable bonds is 4. The molecule has 4 heterocycles. The highest BCUT2D eigenvalue weighted by Gasteiger charge is 2.25. The molecule has 0 aliphatic heterocycles. The summed E-state index contributed by atoms with van der Waals surface area (Å²) in [6, 6.07) is 78.5. The molecule has 4 nitrogen and oxygen atoms in total. The zero-order valence-electron chi connectivity index (χ0n) is 55.0. The van der Waals surface area contributed by atoms with Crippen molar-refractivity contribution in [1.29, 1.82) is 0 Å². The van der Waals surface area contributed by atoms with E-state index < -0.39 is 13.7 Å². The topological polar surface area (TPSA) is 19.7 Å². The molecule has 12 aromatic carbocycles. The van der Waals surface area contributed by atoms with Crippen molar-refractivity contribution in [2.24, 2.45) is 0 Å². The fourth-order valence-electron chi connectivity index (χ4n) is 14.7. The van der Waals surface area contributed by atoms with Crippen LogP contribution in [0.1, 0.15) is 75.0 Å². The van der Waals surface area contributed by atoms with E-state index in [1.165, 1.54) is 122 Å². The SMILES string of the molecule is Cc1ccc2c(c1)c1cc(C)ccc1n2-c1ccc2c(c1)-c1cc(-n3c4ccc(C)cc4c4cc(C)ccc43)ccc1C2.[2H]C([2H])([2H])c1ccc2c(c1)c1cc(C)ccc1n2-c1ccc2c(c1)-c1cc(-n3c4ccc(C)cc4c4cc(C([2H])([2H])[2H])ccc43)ccc1C2. The molecular formula is C82H64N4. The first-order valence-electron chi connectivity index (χ1n) is 33.0. The van der Waals surface area contributed by atoms with Crippen LogP contribution < -0.4 is 0 Å². The lowest BCUT2D eigenvalue weighted by Gasteiger charge is -2.13. The van der Waals surface area contributed by atoms with Gasteiger partial charge in [0.15, 0.2) is 0 Å². The normalized spacial score (nSPS) is 13.9. The van der Waals surface area contributed by atoms with E-state index in [4.69, 9.17) is 8.22 Å². The van der Waals surface area contributed by atoms with Gasteiger partial charge < -0.3 is 18.3 Å². The Balaban J connectivity index is 0.000000142. The minimum Gasteiger partial charge on any atom is -0.309 e. The molecule has 0 unspecified atom stereocenters. The van der Waals surface area contributed by atoms with Crippen LogP contribution in [0.15, 0.2) is 218 Å². The average Bonchev–Trinajstić information content (AvgIpc) is 1.60. The second-order valence-corrected chi connectivity index (χ2v) is 24.6. The van der Waals surface area contributed by atoms with E-state index in [0.29, 0.717) is 11.1 Å². The number of hydrogen-bond acceptors (Lipinski definition) is 0. The van der Waals surface area contributed by atoms with Crippen LogP contribution in [-0.2, 0) is 12.8 Å². The lowest BCUT2D eigenvalue weighted by atomic mass is 10.0. The highest BCUT2D eigenvalue weighted by molar-refractivity contribution is 6.13. The number of aromatic nitrogens is 4. The molecule has 0 N–H and O–H groups in total. The van der Waals surface area contributed by atoms with Crippen LogP contribution in [0.3, 0.4) is 0 Å². The van der Waals surface area contributed by atoms with Crippen molar-refractivity contribution in [2.45, 2.75) is 68.1 Å². The maximum atomic E-state index is 8.03. The number of nitrogens with zero attached hydrogens (tertiary/aromatic N) is 4. The summed E-state index contributed by atoms with van der Waals surface area (Å²) in [6.07, 6.45) is 1.82. The first-order valence-corrected chi connectivity index (χ1v) is 30.0. The smallest absolute Gasteiger partial charge is 0.0541 e. The molecule has 0 bridgehead atoms. The molecule has 86 heavy (non-hydrogen) atoms. The molecule has 16 aromatic rings. The summed E-state index contributed by atoms with van der Waals surface area (Å²) in [6.45, 7) is 8.48. The maximum absolute atomic E-state index is 8.03. The van der Waals surface area contributed by atoms with Gasteiger partial charge in [0.05, 0.1) is 44.1 Å². The van der Waals surface area contributed by atoms with Gasteiger partial charge in [-0.1, -0.05) is 117 Å². The quantitative estimate of drug-likeness (QED) is 0.167.